The summed E-state index contributed by atoms with van der Waals surface area (Å²) in [6.45, 7) is 5.94. The number of rotatable bonds is 5. The summed E-state index contributed by atoms with van der Waals surface area (Å²) < 4.78 is 32.4. The molecule has 1 aromatic carbocycles. The number of ether oxygens (including phenoxy) is 1. The zero-order valence-corrected chi connectivity index (χ0v) is 14.5. The third kappa shape index (κ3) is 4.45. The van der Waals surface area contributed by atoms with E-state index in [9.17, 15) is 13.2 Å². The molecule has 7 heteroatoms. The Labute approximate surface area is 138 Å². The molecule has 1 aromatic rings. The first-order chi connectivity index (χ1) is 10.9. The first-order valence-electron chi connectivity index (χ1n) is 7.93. The second-order valence-electron chi connectivity index (χ2n) is 5.58. The van der Waals surface area contributed by atoms with Gasteiger partial charge in [-0.05, 0) is 37.1 Å². The van der Waals surface area contributed by atoms with Crippen LogP contribution in [0.1, 0.15) is 26.7 Å². The molecular weight excluding hydrogens is 316 g/mol. The average molecular weight is 340 g/mol. The van der Waals surface area contributed by atoms with Crippen LogP contribution in [-0.2, 0) is 14.8 Å². The number of benzene rings is 1. The second-order valence-corrected chi connectivity index (χ2v) is 7.52. The van der Waals surface area contributed by atoms with Crippen LogP contribution in [0.5, 0.6) is 5.75 Å². The Morgan fingerprint density at radius 1 is 1.13 bits per heavy atom. The minimum atomic E-state index is -3.53. The lowest BCUT2D eigenvalue weighted by Crippen LogP contribution is -2.36. The van der Waals surface area contributed by atoms with Crippen molar-refractivity contribution in [1.29, 1.82) is 0 Å². The molecule has 0 spiro atoms. The van der Waals surface area contributed by atoms with Gasteiger partial charge in [0.05, 0.1) is 11.5 Å². The molecule has 6 nitrogen and oxygen atoms in total. The van der Waals surface area contributed by atoms with E-state index in [1.54, 1.807) is 29.2 Å². The largest absolute Gasteiger partial charge is 0.494 e. The number of hydrogen-bond donors (Lipinski definition) is 0. The molecule has 0 N–H and O–H groups in total. The predicted molar refractivity (Wildman–Crippen MR) is 87.9 cm³/mol. The first-order valence-corrected chi connectivity index (χ1v) is 9.37. The molecule has 1 aliphatic rings. The highest BCUT2D eigenvalue weighted by atomic mass is 32.2. The molecule has 23 heavy (non-hydrogen) atoms. The summed E-state index contributed by atoms with van der Waals surface area (Å²) >= 11 is 0. The third-order valence-corrected chi connectivity index (χ3v) is 5.75. The molecule has 0 bridgehead atoms. The molecule has 0 saturated carbocycles. The topological polar surface area (TPSA) is 66.9 Å². The van der Waals surface area contributed by atoms with Crippen molar-refractivity contribution in [2.24, 2.45) is 0 Å². The first kappa shape index (κ1) is 17.7. The standard InChI is InChI=1S/C16H24N2O4S/c1-3-13-22-15-5-7-16(8-6-15)23(20,21)18-10-4-9-17(11-12-18)14(2)19/h5-8H,3-4,9-13H2,1-2H3. The van der Waals surface area contributed by atoms with Gasteiger partial charge < -0.3 is 9.64 Å². The average Bonchev–Trinajstić information content (AvgIpc) is 2.80. The van der Waals surface area contributed by atoms with E-state index in [0.717, 1.165) is 6.42 Å². The summed E-state index contributed by atoms with van der Waals surface area (Å²) in [7, 11) is -3.53. The Hall–Kier alpha value is -1.60. The quantitative estimate of drug-likeness (QED) is 0.818. The van der Waals surface area contributed by atoms with Crippen molar-refractivity contribution in [1.82, 2.24) is 9.21 Å². The van der Waals surface area contributed by atoms with Gasteiger partial charge in [-0.3, -0.25) is 4.79 Å². The van der Waals surface area contributed by atoms with E-state index >= 15 is 0 Å². The van der Waals surface area contributed by atoms with E-state index in [1.165, 1.54) is 11.2 Å². The smallest absolute Gasteiger partial charge is 0.243 e. The maximum absolute atomic E-state index is 12.7. The molecule has 0 aliphatic carbocycles. The van der Waals surface area contributed by atoms with E-state index in [1.807, 2.05) is 6.92 Å². The number of carbonyl (C=O) groups is 1. The van der Waals surface area contributed by atoms with E-state index in [2.05, 4.69) is 0 Å². The van der Waals surface area contributed by atoms with Crippen molar-refractivity contribution < 1.29 is 17.9 Å². The summed E-state index contributed by atoms with van der Waals surface area (Å²) in [5.41, 5.74) is 0. The summed E-state index contributed by atoms with van der Waals surface area (Å²) in [6.07, 6.45) is 1.55. The van der Waals surface area contributed by atoms with Gasteiger partial charge in [0.25, 0.3) is 0 Å². The molecule has 2 rings (SSSR count). The van der Waals surface area contributed by atoms with Crippen LogP contribution in [0.4, 0.5) is 0 Å². The highest BCUT2D eigenvalue weighted by Gasteiger charge is 2.27. The zero-order chi connectivity index (χ0) is 16.9. The van der Waals surface area contributed by atoms with Gasteiger partial charge >= 0.3 is 0 Å². The molecule has 1 saturated heterocycles. The molecular formula is C16H24N2O4S. The minimum absolute atomic E-state index is 0.0123. The number of amides is 1. The van der Waals surface area contributed by atoms with Crippen LogP contribution < -0.4 is 4.74 Å². The molecule has 1 heterocycles. The Kier molecular flexibility index (Phi) is 6.01. The number of sulfonamides is 1. The summed E-state index contributed by atoms with van der Waals surface area (Å²) in [5, 5.41) is 0. The third-order valence-electron chi connectivity index (χ3n) is 3.83. The van der Waals surface area contributed by atoms with Crippen molar-refractivity contribution in [3.63, 3.8) is 0 Å². The van der Waals surface area contributed by atoms with Crippen LogP contribution >= 0.6 is 0 Å². The summed E-state index contributed by atoms with van der Waals surface area (Å²) in [5.74, 6) is 0.658. The van der Waals surface area contributed by atoms with Crippen LogP contribution in [0.15, 0.2) is 29.2 Å². The van der Waals surface area contributed by atoms with Gasteiger partial charge in [0.1, 0.15) is 5.75 Å². The highest BCUT2D eigenvalue weighted by Crippen LogP contribution is 2.21. The molecule has 0 radical (unpaired) electrons. The molecule has 1 amide bonds. The SMILES string of the molecule is CCCOc1ccc(S(=O)(=O)N2CCCN(C(C)=O)CC2)cc1. The fourth-order valence-electron chi connectivity index (χ4n) is 2.53. The van der Waals surface area contributed by atoms with Gasteiger partial charge in [-0.15, -0.1) is 0 Å². The van der Waals surface area contributed by atoms with E-state index in [4.69, 9.17) is 4.74 Å². The fourth-order valence-corrected chi connectivity index (χ4v) is 4.00. The van der Waals surface area contributed by atoms with Crippen LogP contribution in [0.3, 0.4) is 0 Å². The van der Waals surface area contributed by atoms with E-state index < -0.39 is 10.0 Å². The Bertz CT molecular complexity index is 628. The molecule has 1 fully saturated rings. The fraction of sp³-hybridized carbons (Fsp3) is 0.562. The number of hydrogen-bond acceptors (Lipinski definition) is 4. The van der Waals surface area contributed by atoms with Gasteiger partial charge in [-0.1, -0.05) is 6.92 Å². The Morgan fingerprint density at radius 3 is 2.43 bits per heavy atom. The van der Waals surface area contributed by atoms with Crippen LogP contribution in [-0.4, -0.2) is 56.3 Å². The Balaban J connectivity index is 2.10. The van der Waals surface area contributed by atoms with E-state index in [-0.39, 0.29) is 10.8 Å². The molecule has 0 unspecified atom stereocenters. The minimum Gasteiger partial charge on any atom is -0.494 e. The van der Waals surface area contributed by atoms with Crippen LogP contribution in [0, 0.1) is 0 Å². The molecule has 0 aromatic heterocycles. The van der Waals surface area contributed by atoms with Crippen molar-refractivity contribution in [2.75, 3.05) is 32.8 Å². The van der Waals surface area contributed by atoms with Crippen molar-refractivity contribution in [3.05, 3.63) is 24.3 Å². The summed E-state index contributed by atoms with van der Waals surface area (Å²) in [4.78, 5) is 13.4. The van der Waals surface area contributed by atoms with Crippen LogP contribution in [0.25, 0.3) is 0 Å². The van der Waals surface area contributed by atoms with Crippen molar-refractivity contribution in [2.45, 2.75) is 31.6 Å². The van der Waals surface area contributed by atoms with Gasteiger partial charge in [0, 0.05) is 33.1 Å². The van der Waals surface area contributed by atoms with Crippen LogP contribution in [0.2, 0.25) is 0 Å². The van der Waals surface area contributed by atoms with Gasteiger partial charge in [-0.2, -0.15) is 4.31 Å². The molecule has 128 valence electrons. The lowest BCUT2D eigenvalue weighted by Gasteiger charge is -2.21. The monoisotopic (exact) mass is 340 g/mol. The maximum Gasteiger partial charge on any atom is 0.243 e. The van der Waals surface area contributed by atoms with Gasteiger partial charge in [-0.25, -0.2) is 8.42 Å². The number of nitrogens with zero attached hydrogens (tertiary/aromatic N) is 2. The maximum atomic E-state index is 12.7. The zero-order valence-electron chi connectivity index (χ0n) is 13.7. The lowest BCUT2D eigenvalue weighted by molar-refractivity contribution is -0.128. The highest BCUT2D eigenvalue weighted by molar-refractivity contribution is 7.89. The molecule has 0 atom stereocenters. The normalized spacial score (nSPS) is 16.9. The molecule has 1 aliphatic heterocycles. The van der Waals surface area contributed by atoms with Crippen molar-refractivity contribution in [3.8, 4) is 5.75 Å². The predicted octanol–water partition coefficient (Wildman–Crippen LogP) is 1.72. The van der Waals surface area contributed by atoms with Gasteiger partial charge in [0.2, 0.25) is 15.9 Å². The Morgan fingerprint density at radius 2 is 1.83 bits per heavy atom. The second kappa shape index (κ2) is 7.79. The summed E-state index contributed by atoms with van der Waals surface area (Å²) in [6, 6.07) is 6.52. The lowest BCUT2D eigenvalue weighted by atomic mass is 10.3. The van der Waals surface area contributed by atoms with Gasteiger partial charge in [0.15, 0.2) is 0 Å². The number of carbonyl (C=O) groups excluding carboxylic acids is 1. The van der Waals surface area contributed by atoms with E-state index in [0.29, 0.717) is 45.0 Å². The van der Waals surface area contributed by atoms with Crippen molar-refractivity contribution >= 4 is 15.9 Å².